The number of nitrogens with zero attached hydrogens (tertiary/aromatic N) is 4. The van der Waals surface area contributed by atoms with Crippen LogP contribution in [0.2, 0.25) is 0 Å². The van der Waals surface area contributed by atoms with Gasteiger partial charge in [-0.1, -0.05) is 75.1 Å². The van der Waals surface area contributed by atoms with E-state index in [-0.39, 0.29) is 0 Å². The molecule has 0 bridgehead atoms. The van der Waals surface area contributed by atoms with Crippen molar-refractivity contribution < 1.29 is 4.74 Å². The normalized spacial score (nSPS) is 11.6. The zero-order valence-electron chi connectivity index (χ0n) is 19.6. The molecule has 34 heavy (non-hydrogen) atoms. The van der Waals surface area contributed by atoms with Crippen molar-refractivity contribution in [2.45, 2.75) is 39.0 Å². The van der Waals surface area contributed by atoms with Gasteiger partial charge in [-0.2, -0.15) is 15.3 Å². The molecule has 0 fully saturated rings. The van der Waals surface area contributed by atoms with Gasteiger partial charge in [0.1, 0.15) is 5.75 Å². The smallest absolute Gasteiger partial charge is 0.127 e. The maximum absolute atomic E-state index is 6.09. The molecule has 5 heteroatoms. The van der Waals surface area contributed by atoms with Crippen LogP contribution in [0.15, 0.2) is 111 Å². The molecule has 172 valence electrons. The molecule has 5 nitrogen and oxygen atoms in total. The first-order valence-electron chi connectivity index (χ1n) is 12.0. The topological polar surface area (TPSA) is 58.7 Å². The highest BCUT2D eigenvalue weighted by atomic mass is 16.5. The molecular weight excluding hydrogens is 420 g/mol. The van der Waals surface area contributed by atoms with E-state index in [0.717, 1.165) is 52.3 Å². The lowest BCUT2D eigenvalue weighted by Gasteiger charge is -2.10. The van der Waals surface area contributed by atoms with Crippen LogP contribution in [-0.2, 0) is 0 Å². The van der Waals surface area contributed by atoms with Crippen LogP contribution in [0.3, 0.4) is 0 Å². The number of azo groups is 2. The Labute approximate surface area is 201 Å². The molecule has 0 saturated carbocycles. The number of hydrogen-bond donors (Lipinski definition) is 0. The van der Waals surface area contributed by atoms with Gasteiger partial charge in [0.15, 0.2) is 0 Å². The molecular formula is C29H30N4O. The molecule has 0 aliphatic rings. The van der Waals surface area contributed by atoms with E-state index in [0.29, 0.717) is 0 Å². The van der Waals surface area contributed by atoms with Crippen LogP contribution in [0, 0.1) is 0 Å². The third-order valence-corrected chi connectivity index (χ3v) is 5.53. The Kier molecular flexibility index (Phi) is 8.50. The molecule has 0 spiro atoms. The molecule has 0 radical (unpaired) electrons. The second-order valence-corrected chi connectivity index (χ2v) is 8.14. The van der Waals surface area contributed by atoms with Gasteiger partial charge in [0, 0.05) is 10.8 Å². The molecule has 0 saturated heterocycles. The van der Waals surface area contributed by atoms with Crippen LogP contribution in [0.25, 0.3) is 10.8 Å². The van der Waals surface area contributed by atoms with Crippen molar-refractivity contribution in [3.05, 3.63) is 91.0 Å². The van der Waals surface area contributed by atoms with E-state index >= 15 is 0 Å². The van der Waals surface area contributed by atoms with Crippen LogP contribution in [0.1, 0.15) is 39.0 Å². The number of rotatable bonds is 11. The largest absolute Gasteiger partial charge is 0.493 e. The summed E-state index contributed by atoms with van der Waals surface area (Å²) >= 11 is 0. The van der Waals surface area contributed by atoms with Crippen molar-refractivity contribution in [1.29, 1.82) is 0 Å². The molecule has 4 aromatic rings. The van der Waals surface area contributed by atoms with Crippen molar-refractivity contribution in [2.75, 3.05) is 6.61 Å². The molecule has 4 aromatic carbocycles. The van der Waals surface area contributed by atoms with Crippen LogP contribution < -0.4 is 4.74 Å². The lowest BCUT2D eigenvalue weighted by molar-refractivity contribution is 0.308. The van der Waals surface area contributed by atoms with E-state index in [2.05, 4.69) is 39.5 Å². The number of unbranched alkanes of at least 4 members (excludes halogenated alkanes) is 4. The number of ether oxygens (including phenoxy) is 1. The Morgan fingerprint density at radius 3 is 1.82 bits per heavy atom. The van der Waals surface area contributed by atoms with Crippen LogP contribution in [0.5, 0.6) is 5.75 Å². The second-order valence-electron chi connectivity index (χ2n) is 8.14. The lowest BCUT2D eigenvalue weighted by atomic mass is 10.1. The highest BCUT2D eigenvalue weighted by molar-refractivity contribution is 5.96. The monoisotopic (exact) mass is 450 g/mol. The Hall–Kier alpha value is -3.86. The van der Waals surface area contributed by atoms with Crippen molar-refractivity contribution >= 4 is 33.5 Å². The molecule has 0 aliphatic heterocycles. The van der Waals surface area contributed by atoms with Gasteiger partial charge < -0.3 is 4.74 Å². The van der Waals surface area contributed by atoms with E-state index in [4.69, 9.17) is 4.74 Å². The zero-order chi connectivity index (χ0) is 23.4. The van der Waals surface area contributed by atoms with E-state index in [1.807, 2.05) is 78.9 Å². The van der Waals surface area contributed by atoms with Gasteiger partial charge in [-0.05, 0) is 55.0 Å². The van der Waals surface area contributed by atoms with Crippen molar-refractivity contribution in [3.63, 3.8) is 0 Å². The number of fused-ring (bicyclic) bond motifs is 1. The fraction of sp³-hybridized carbons (Fsp3) is 0.241. The van der Waals surface area contributed by atoms with Crippen molar-refractivity contribution in [2.24, 2.45) is 20.5 Å². The van der Waals surface area contributed by atoms with Gasteiger partial charge in [-0.15, -0.1) is 5.11 Å². The summed E-state index contributed by atoms with van der Waals surface area (Å²) in [6.07, 6.45) is 6.12. The van der Waals surface area contributed by atoms with Gasteiger partial charge in [0.2, 0.25) is 0 Å². The second kappa shape index (κ2) is 12.4. The zero-order valence-corrected chi connectivity index (χ0v) is 19.6. The minimum absolute atomic E-state index is 0.739. The number of hydrogen-bond acceptors (Lipinski definition) is 5. The Balaban J connectivity index is 1.42. The SMILES string of the molecule is CCCCCCCOc1ccc(N=Nc2ccc(N=Nc3ccccc3)cc2)c2ccccc12. The Morgan fingerprint density at radius 1 is 0.529 bits per heavy atom. The van der Waals surface area contributed by atoms with E-state index < -0.39 is 0 Å². The van der Waals surface area contributed by atoms with Gasteiger partial charge >= 0.3 is 0 Å². The average Bonchev–Trinajstić information content (AvgIpc) is 2.90. The maximum atomic E-state index is 6.09. The molecule has 0 N–H and O–H groups in total. The summed E-state index contributed by atoms with van der Waals surface area (Å²) in [5.74, 6) is 0.901. The summed E-state index contributed by atoms with van der Waals surface area (Å²) in [7, 11) is 0. The first-order chi connectivity index (χ1) is 16.8. The summed E-state index contributed by atoms with van der Waals surface area (Å²) in [6.45, 7) is 2.97. The minimum atomic E-state index is 0.739. The van der Waals surface area contributed by atoms with Crippen LogP contribution >= 0.6 is 0 Å². The standard InChI is InChI=1S/C29H30N4O/c1-2-3-4-5-11-22-34-29-21-20-28(26-14-9-10-15-27(26)29)33-32-25-18-16-24(17-19-25)31-30-23-12-7-6-8-13-23/h6-10,12-21H,2-5,11,22H2,1H3. The first-order valence-corrected chi connectivity index (χ1v) is 12.0. The fourth-order valence-corrected chi connectivity index (χ4v) is 3.66. The predicted molar refractivity (Wildman–Crippen MR) is 139 cm³/mol. The van der Waals surface area contributed by atoms with Crippen LogP contribution in [-0.4, -0.2) is 6.61 Å². The fourth-order valence-electron chi connectivity index (χ4n) is 3.66. The van der Waals surface area contributed by atoms with Crippen molar-refractivity contribution in [3.8, 4) is 5.75 Å². The highest BCUT2D eigenvalue weighted by Gasteiger charge is 2.06. The molecule has 4 rings (SSSR count). The van der Waals surface area contributed by atoms with Gasteiger partial charge in [-0.3, -0.25) is 0 Å². The third-order valence-electron chi connectivity index (χ3n) is 5.53. The minimum Gasteiger partial charge on any atom is -0.493 e. The van der Waals surface area contributed by atoms with Crippen molar-refractivity contribution in [1.82, 2.24) is 0 Å². The van der Waals surface area contributed by atoms with Gasteiger partial charge in [0.05, 0.1) is 29.4 Å². The molecule has 0 heterocycles. The maximum Gasteiger partial charge on any atom is 0.127 e. The van der Waals surface area contributed by atoms with E-state index in [1.165, 1.54) is 25.7 Å². The summed E-state index contributed by atoms with van der Waals surface area (Å²) in [4.78, 5) is 0. The molecule has 0 amide bonds. The molecule has 0 aromatic heterocycles. The Bertz CT molecular complexity index is 1230. The summed E-state index contributed by atoms with van der Waals surface area (Å²) in [5.41, 5.74) is 3.17. The van der Waals surface area contributed by atoms with Crippen LogP contribution in [0.4, 0.5) is 22.7 Å². The quantitative estimate of drug-likeness (QED) is 0.166. The summed E-state index contributed by atoms with van der Waals surface area (Å²) in [5, 5.41) is 19.5. The number of benzene rings is 4. The van der Waals surface area contributed by atoms with Gasteiger partial charge in [-0.25, -0.2) is 0 Å². The predicted octanol–water partition coefficient (Wildman–Crippen LogP) is 10.0. The molecule has 0 aliphatic carbocycles. The highest BCUT2D eigenvalue weighted by Crippen LogP contribution is 2.34. The average molecular weight is 451 g/mol. The van der Waals surface area contributed by atoms with Gasteiger partial charge in [0.25, 0.3) is 0 Å². The summed E-state index contributed by atoms with van der Waals surface area (Å²) < 4.78 is 6.09. The van der Waals surface area contributed by atoms with E-state index in [1.54, 1.807) is 0 Å². The molecule has 0 unspecified atom stereocenters. The lowest BCUT2D eigenvalue weighted by Crippen LogP contribution is -1.97. The molecule has 0 atom stereocenters. The van der Waals surface area contributed by atoms with E-state index in [9.17, 15) is 0 Å². The Morgan fingerprint density at radius 2 is 1.12 bits per heavy atom. The first kappa shape index (κ1) is 23.3. The summed E-state index contributed by atoms with van der Waals surface area (Å²) in [6, 6.07) is 29.4. The third kappa shape index (κ3) is 6.58.